The maximum atomic E-state index is 10.4. The van der Waals surface area contributed by atoms with Crippen LogP contribution in [0.15, 0.2) is 23.2 Å². The first-order chi connectivity index (χ1) is 4.70. The van der Waals surface area contributed by atoms with Crippen molar-refractivity contribution >= 4 is 11.1 Å². The van der Waals surface area contributed by atoms with Gasteiger partial charge in [-0.25, -0.2) is 9.19 Å². The summed E-state index contributed by atoms with van der Waals surface area (Å²) < 4.78 is 19.0. The molecule has 0 aliphatic carbocycles. The molecule has 1 aromatic heterocycles. The summed E-state index contributed by atoms with van der Waals surface area (Å²) in [5, 5.41) is 0.208. The summed E-state index contributed by atoms with van der Waals surface area (Å²) in [4.78, 5) is 3.82. The molecule has 10 heavy (non-hydrogen) atoms. The number of pyridine rings is 1. The predicted molar refractivity (Wildman–Crippen MR) is 38.0 cm³/mol. The fraction of sp³-hybridized carbons (Fsp3) is 0.167. The standard InChI is InChI=1S/C6H7NO2S/c1-5-3-2-4-6(7-5)10(8)9/h2-4H,1H3,(H,8,9). The molecular formula is C6H7NO2S. The van der Waals surface area contributed by atoms with Crippen LogP contribution in [0.25, 0.3) is 0 Å². The van der Waals surface area contributed by atoms with E-state index < -0.39 is 11.1 Å². The van der Waals surface area contributed by atoms with E-state index >= 15 is 0 Å². The molecule has 0 bridgehead atoms. The van der Waals surface area contributed by atoms with Gasteiger partial charge < -0.3 is 4.55 Å². The molecule has 0 saturated carbocycles. The Bertz CT molecular complexity index is 262. The van der Waals surface area contributed by atoms with Crippen LogP contribution in [0.2, 0.25) is 0 Å². The highest BCUT2D eigenvalue weighted by Gasteiger charge is 1.98. The van der Waals surface area contributed by atoms with Gasteiger partial charge in [0.05, 0.1) is 0 Å². The molecule has 1 rings (SSSR count). The molecule has 1 N–H and O–H groups in total. The lowest BCUT2D eigenvalue weighted by Gasteiger charge is -1.93. The lowest BCUT2D eigenvalue weighted by atomic mass is 10.4. The van der Waals surface area contributed by atoms with Crippen LogP contribution < -0.4 is 0 Å². The van der Waals surface area contributed by atoms with E-state index in [1.165, 1.54) is 6.07 Å². The molecule has 0 radical (unpaired) electrons. The van der Waals surface area contributed by atoms with Gasteiger partial charge in [-0.05, 0) is 19.1 Å². The van der Waals surface area contributed by atoms with E-state index in [0.717, 1.165) is 5.69 Å². The Labute approximate surface area is 61.4 Å². The first-order valence-corrected chi connectivity index (χ1v) is 3.85. The molecule has 3 nitrogen and oxygen atoms in total. The van der Waals surface area contributed by atoms with E-state index in [9.17, 15) is 4.21 Å². The molecule has 0 fully saturated rings. The van der Waals surface area contributed by atoms with Crippen LogP contribution in [0, 0.1) is 6.92 Å². The van der Waals surface area contributed by atoms with Crippen LogP contribution in [0.4, 0.5) is 0 Å². The zero-order chi connectivity index (χ0) is 7.56. The van der Waals surface area contributed by atoms with E-state index in [4.69, 9.17) is 4.55 Å². The third-order valence-corrected chi connectivity index (χ3v) is 1.63. The van der Waals surface area contributed by atoms with E-state index in [1.54, 1.807) is 19.1 Å². The maximum absolute atomic E-state index is 10.4. The van der Waals surface area contributed by atoms with Gasteiger partial charge in [0.2, 0.25) is 11.1 Å². The molecule has 1 atom stereocenters. The van der Waals surface area contributed by atoms with Gasteiger partial charge in [0, 0.05) is 5.69 Å². The van der Waals surface area contributed by atoms with Crippen molar-refractivity contribution < 1.29 is 8.76 Å². The van der Waals surface area contributed by atoms with Gasteiger partial charge in [0.25, 0.3) is 0 Å². The third kappa shape index (κ3) is 1.62. The minimum atomic E-state index is -1.95. The second-order valence-electron chi connectivity index (χ2n) is 1.87. The predicted octanol–water partition coefficient (Wildman–Crippen LogP) is 0.971. The van der Waals surface area contributed by atoms with Crippen molar-refractivity contribution in [2.75, 3.05) is 0 Å². The highest BCUT2D eigenvalue weighted by atomic mass is 32.2. The van der Waals surface area contributed by atoms with Gasteiger partial charge in [0.1, 0.15) is 0 Å². The number of hydrogen-bond donors (Lipinski definition) is 1. The summed E-state index contributed by atoms with van der Waals surface area (Å²) in [5.41, 5.74) is 0.750. The van der Waals surface area contributed by atoms with Crippen LogP contribution in [0.3, 0.4) is 0 Å². The van der Waals surface area contributed by atoms with Crippen LogP contribution in [0.1, 0.15) is 5.69 Å². The Morgan fingerprint density at radius 1 is 1.60 bits per heavy atom. The molecule has 0 amide bonds. The number of aryl methyl sites for hydroxylation is 1. The lowest BCUT2D eigenvalue weighted by molar-refractivity contribution is 0.560. The summed E-state index contributed by atoms with van der Waals surface area (Å²) >= 11 is -1.95. The van der Waals surface area contributed by atoms with Crippen molar-refractivity contribution in [3.05, 3.63) is 23.9 Å². The summed E-state index contributed by atoms with van der Waals surface area (Å²) in [6, 6.07) is 4.99. The van der Waals surface area contributed by atoms with Crippen LogP contribution in [-0.2, 0) is 11.1 Å². The smallest absolute Gasteiger partial charge is 0.205 e. The van der Waals surface area contributed by atoms with Gasteiger partial charge in [-0.2, -0.15) is 0 Å². The summed E-state index contributed by atoms with van der Waals surface area (Å²) in [6.45, 7) is 1.77. The van der Waals surface area contributed by atoms with E-state index in [2.05, 4.69) is 4.98 Å². The average Bonchev–Trinajstić information content (AvgIpc) is 1.88. The molecule has 1 heterocycles. The number of aromatic nitrogens is 1. The Balaban J connectivity index is 3.07. The van der Waals surface area contributed by atoms with E-state index in [1.807, 2.05) is 0 Å². The molecule has 54 valence electrons. The lowest BCUT2D eigenvalue weighted by Crippen LogP contribution is -1.93. The van der Waals surface area contributed by atoms with Crippen molar-refractivity contribution in [3.8, 4) is 0 Å². The Kier molecular flexibility index (Phi) is 2.13. The second-order valence-corrected chi connectivity index (χ2v) is 2.78. The van der Waals surface area contributed by atoms with Crippen molar-refractivity contribution in [1.82, 2.24) is 4.98 Å². The monoisotopic (exact) mass is 157 g/mol. The van der Waals surface area contributed by atoms with E-state index in [0.29, 0.717) is 0 Å². The first kappa shape index (κ1) is 7.37. The van der Waals surface area contributed by atoms with Crippen molar-refractivity contribution in [3.63, 3.8) is 0 Å². The Hall–Kier alpha value is -0.740. The quantitative estimate of drug-likeness (QED) is 0.618. The topological polar surface area (TPSA) is 50.2 Å². The molecule has 0 saturated heterocycles. The number of nitrogens with zero attached hydrogens (tertiary/aromatic N) is 1. The van der Waals surface area contributed by atoms with Crippen molar-refractivity contribution in [2.24, 2.45) is 0 Å². The highest BCUT2D eigenvalue weighted by Crippen LogP contribution is 2.00. The molecule has 0 aromatic carbocycles. The van der Waals surface area contributed by atoms with Gasteiger partial charge in [-0.1, -0.05) is 6.07 Å². The Morgan fingerprint density at radius 2 is 2.30 bits per heavy atom. The molecule has 0 aliphatic rings. The van der Waals surface area contributed by atoms with Crippen molar-refractivity contribution in [1.29, 1.82) is 0 Å². The molecule has 0 aliphatic heterocycles. The molecule has 4 heteroatoms. The molecule has 1 unspecified atom stereocenters. The Morgan fingerprint density at radius 3 is 2.70 bits per heavy atom. The largest absolute Gasteiger partial charge is 0.301 e. The number of hydrogen-bond acceptors (Lipinski definition) is 2. The maximum Gasteiger partial charge on any atom is 0.205 e. The van der Waals surface area contributed by atoms with Gasteiger partial charge in [-0.3, -0.25) is 0 Å². The zero-order valence-electron chi connectivity index (χ0n) is 5.44. The third-order valence-electron chi connectivity index (χ3n) is 1.04. The summed E-state index contributed by atoms with van der Waals surface area (Å²) in [7, 11) is 0. The van der Waals surface area contributed by atoms with Crippen LogP contribution >= 0.6 is 0 Å². The van der Waals surface area contributed by atoms with Crippen LogP contribution in [0.5, 0.6) is 0 Å². The fourth-order valence-corrected chi connectivity index (χ4v) is 1.03. The average molecular weight is 157 g/mol. The SMILES string of the molecule is Cc1cccc(S(=O)O)n1. The minimum absolute atomic E-state index is 0.208. The van der Waals surface area contributed by atoms with Crippen LogP contribution in [-0.4, -0.2) is 13.7 Å². The normalized spacial score (nSPS) is 13.0. The highest BCUT2D eigenvalue weighted by molar-refractivity contribution is 7.79. The molecule has 1 aromatic rings. The molecular weight excluding hydrogens is 150 g/mol. The fourth-order valence-electron chi connectivity index (χ4n) is 0.615. The van der Waals surface area contributed by atoms with Gasteiger partial charge >= 0.3 is 0 Å². The zero-order valence-corrected chi connectivity index (χ0v) is 6.26. The van der Waals surface area contributed by atoms with Gasteiger partial charge in [0.15, 0.2) is 5.03 Å². The van der Waals surface area contributed by atoms with Gasteiger partial charge in [-0.15, -0.1) is 0 Å². The minimum Gasteiger partial charge on any atom is -0.301 e. The summed E-state index contributed by atoms with van der Waals surface area (Å²) in [6.07, 6.45) is 0. The van der Waals surface area contributed by atoms with E-state index in [-0.39, 0.29) is 5.03 Å². The first-order valence-electron chi connectivity index (χ1n) is 2.74. The van der Waals surface area contributed by atoms with Crippen molar-refractivity contribution in [2.45, 2.75) is 11.9 Å². The number of rotatable bonds is 1. The molecule has 0 spiro atoms. The second kappa shape index (κ2) is 2.90. The summed E-state index contributed by atoms with van der Waals surface area (Å²) in [5.74, 6) is 0.